The van der Waals surface area contributed by atoms with E-state index in [0.29, 0.717) is 0 Å². The van der Waals surface area contributed by atoms with Gasteiger partial charge in [-0.3, -0.25) is 14.6 Å². The zero-order chi connectivity index (χ0) is 18.7. The van der Waals surface area contributed by atoms with Gasteiger partial charge in [0.1, 0.15) is 0 Å². The number of hydrogen-bond acceptors (Lipinski definition) is 4. The second-order valence-electron chi connectivity index (χ2n) is 6.68. The minimum absolute atomic E-state index is 0. The van der Waals surface area contributed by atoms with Crippen LogP contribution in [0.4, 0.5) is 0 Å². The number of nitrogens with one attached hydrogen (secondary N) is 2. The number of aryl methyl sites for hydroxylation is 1. The van der Waals surface area contributed by atoms with Crippen molar-refractivity contribution in [3.8, 4) is 0 Å². The van der Waals surface area contributed by atoms with E-state index >= 15 is 0 Å². The molecule has 0 saturated carbocycles. The smallest absolute Gasteiger partial charge is 0.191 e. The van der Waals surface area contributed by atoms with Gasteiger partial charge in [0, 0.05) is 58.7 Å². The molecule has 0 radical (unpaired) electrons. The number of hydrogen-bond donors (Lipinski definition) is 2. The highest BCUT2D eigenvalue weighted by molar-refractivity contribution is 14.0. The topological polar surface area (TPSA) is 66.7 Å². The highest BCUT2D eigenvalue weighted by atomic mass is 127. The average Bonchev–Trinajstić information content (AvgIpc) is 3.23. The number of aliphatic imine (C=N–C) groups is 1. The van der Waals surface area contributed by atoms with Gasteiger partial charge in [0.25, 0.3) is 0 Å². The molecule has 154 valence electrons. The van der Waals surface area contributed by atoms with Crippen LogP contribution in [0.25, 0.3) is 0 Å². The van der Waals surface area contributed by atoms with Crippen LogP contribution in [0, 0.1) is 0 Å². The molecule has 7 nitrogen and oxygen atoms in total. The molecule has 3 rings (SSSR count). The summed E-state index contributed by atoms with van der Waals surface area (Å²) in [6.45, 7) is 7.25. The summed E-state index contributed by atoms with van der Waals surface area (Å²) in [5.74, 6) is 0.827. The largest absolute Gasteiger partial charge is 0.379 e. The third kappa shape index (κ3) is 7.76. The molecule has 28 heavy (non-hydrogen) atoms. The van der Waals surface area contributed by atoms with Gasteiger partial charge in [-0.05, 0) is 23.6 Å². The Kier molecular flexibility index (Phi) is 10.3. The van der Waals surface area contributed by atoms with Gasteiger partial charge >= 0.3 is 0 Å². The lowest BCUT2D eigenvalue weighted by molar-refractivity contribution is 0.0342. The Morgan fingerprint density at radius 1 is 1.14 bits per heavy atom. The molecule has 1 aromatic heterocycles. The predicted octanol–water partition coefficient (Wildman–Crippen LogP) is 2.09. The Bertz CT molecular complexity index is 683. The van der Waals surface area contributed by atoms with Crippen molar-refractivity contribution >= 4 is 29.9 Å². The Hall–Kier alpha value is -1.65. The number of nitrogens with zero attached hydrogens (tertiary/aromatic N) is 4. The summed E-state index contributed by atoms with van der Waals surface area (Å²) < 4.78 is 7.34. The average molecular weight is 498 g/mol. The SMILES string of the molecule is CN=C(NCCCn1cccn1)NCc1ccc(CN2CCOCC2)cc1.I. The molecular weight excluding hydrogens is 467 g/mol. The van der Waals surface area contributed by atoms with Gasteiger partial charge in [-0.15, -0.1) is 24.0 Å². The number of guanidine groups is 1. The molecule has 0 bridgehead atoms. The molecule has 1 aliphatic rings. The molecule has 1 saturated heterocycles. The normalized spacial score (nSPS) is 15.1. The van der Waals surface area contributed by atoms with E-state index in [-0.39, 0.29) is 24.0 Å². The number of ether oxygens (including phenoxy) is 1. The molecule has 2 heterocycles. The second-order valence-corrected chi connectivity index (χ2v) is 6.68. The standard InChI is InChI=1S/C20H30N6O.HI/c1-21-20(22-8-2-10-26-11-3-9-24-26)23-16-18-4-6-19(7-5-18)17-25-12-14-27-15-13-25;/h3-7,9,11H,2,8,10,12-17H2,1H3,(H2,21,22,23);1H. The Balaban J connectivity index is 0.00000280. The monoisotopic (exact) mass is 498 g/mol. The third-order valence-electron chi connectivity index (χ3n) is 4.63. The van der Waals surface area contributed by atoms with Gasteiger partial charge in [0.05, 0.1) is 13.2 Å². The van der Waals surface area contributed by atoms with Crippen molar-refractivity contribution in [2.45, 2.75) is 26.1 Å². The van der Waals surface area contributed by atoms with Gasteiger partial charge in [-0.2, -0.15) is 5.10 Å². The van der Waals surface area contributed by atoms with Crippen LogP contribution in [0.15, 0.2) is 47.7 Å². The second kappa shape index (κ2) is 12.7. The van der Waals surface area contributed by atoms with Gasteiger partial charge in [0.2, 0.25) is 0 Å². The summed E-state index contributed by atoms with van der Waals surface area (Å²) in [7, 11) is 1.80. The van der Waals surface area contributed by atoms with E-state index in [1.54, 1.807) is 13.2 Å². The van der Waals surface area contributed by atoms with Gasteiger partial charge < -0.3 is 15.4 Å². The summed E-state index contributed by atoms with van der Waals surface area (Å²) >= 11 is 0. The highest BCUT2D eigenvalue weighted by Crippen LogP contribution is 2.09. The Morgan fingerprint density at radius 3 is 2.57 bits per heavy atom. The van der Waals surface area contributed by atoms with Crippen LogP contribution < -0.4 is 10.6 Å². The molecule has 2 aromatic rings. The zero-order valence-electron chi connectivity index (χ0n) is 16.5. The van der Waals surface area contributed by atoms with Crippen molar-refractivity contribution in [1.82, 2.24) is 25.3 Å². The van der Waals surface area contributed by atoms with Crippen LogP contribution in [-0.2, 0) is 24.4 Å². The van der Waals surface area contributed by atoms with Crippen molar-refractivity contribution in [3.63, 3.8) is 0 Å². The highest BCUT2D eigenvalue weighted by Gasteiger charge is 2.10. The molecule has 0 amide bonds. The number of benzene rings is 1. The van der Waals surface area contributed by atoms with Crippen LogP contribution in [0.2, 0.25) is 0 Å². The van der Waals surface area contributed by atoms with Crippen molar-refractivity contribution in [2.24, 2.45) is 4.99 Å². The van der Waals surface area contributed by atoms with Crippen molar-refractivity contribution in [1.29, 1.82) is 0 Å². The van der Waals surface area contributed by atoms with E-state index in [9.17, 15) is 0 Å². The van der Waals surface area contributed by atoms with Crippen LogP contribution in [0.5, 0.6) is 0 Å². The number of halogens is 1. The maximum absolute atomic E-state index is 5.40. The van der Waals surface area contributed by atoms with E-state index in [0.717, 1.165) is 64.9 Å². The fraction of sp³-hybridized carbons (Fsp3) is 0.500. The summed E-state index contributed by atoms with van der Waals surface area (Å²) in [6.07, 6.45) is 4.79. The van der Waals surface area contributed by atoms with Gasteiger partial charge in [-0.1, -0.05) is 24.3 Å². The van der Waals surface area contributed by atoms with E-state index in [1.165, 1.54) is 11.1 Å². The third-order valence-corrected chi connectivity index (χ3v) is 4.63. The minimum Gasteiger partial charge on any atom is -0.379 e. The molecule has 1 aromatic carbocycles. The molecule has 1 fully saturated rings. The first kappa shape index (κ1) is 22.6. The predicted molar refractivity (Wildman–Crippen MR) is 123 cm³/mol. The van der Waals surface area contributed by atoms with E-state index in [2.05, 4.69) is 49.9 Å². The van der Waals surface area contributed by atoms with E-state index < -0.39 is 0 Å². The van der Waals surface area contributed by atoms with Crippen molar-refractivity contribution in [3.05, 3.63) is 53.9 Å². The fourth-order valence-corrected chi connectivity index (χ4v) is 3.07. The maximum atomic E-state index is 5.40. The summed E-state index contributed by atoms with van der Waals surface area (Å²) in [6, 6.07) is 10.8. The van der Waals surface area contributed by atoms with Crippen LogP contribution in [0.3, 0.4) is 0 Å². The Morgan fingerprint density at radius 2 is 1.89 bits per heavy atom. The first-order valence-corrected chi connectivity index (χ1v) is 9.63. The molecule has 1 aliphatic heterocycles. The molecule has 2 N–H and O–H groups in total. The number of morpholine rings is 1. The van der Waals surface area contributed by atoms with Gasteiger partial charge in [0.15, 0.2) is 5.96 Å². The van der Waals surface area contributed by atoms with Gasteiger partial charge in [-0.25, -0.2) is 0 Å². The fourth-order valence-electron chi connectivity index (χ4n) is 3.07. The first-order chi connectivity index (χ1) is 13.3. The summed E-state index contributed by atoms with van der Waals surface area (Å²) in [5.41, 5.74) is 2.60. The first-order valence-electron chi connectivity index (χ1n) is 9.63. The summed E-state index contributed by atoms with van der Waals surface area (Å²) in [4.78, 5) is 6.72. The lowest BCUT2D eigenvalue weighted by atomic mass is 10.1. The lowest BCUT2D eigenvalue weighted by Gasteiger charge is -2.26. The number of aromatic nitrogens is 2. The lowest BCUT2D eigenvalue weighted by Crippen LogP contribution is -2.37. The maximum Gasteiger partial charge on any atom is 0.191 e. The van der Waals surface area contributed by atoms with Crippen LogP contribution >= 0.6 is 24.0 Å². The van der Waals surface area contributed by atoms with E-state index in [1.807, 2.05) is 16.9 Å². The number of rotatable bonds is 8. The zero-order valence-corrected chi connectivity index (χ0v) is 18.8. The van der Waals surface area contributed by atoms with E-state index in [4.69, 9.17) is 4.74 Å². The molecule has 0 spiro atoms. The van der Waals surface area contributed by atoms with Crippen molar-refractivity contribution in [2.75, 3.05) is 39.9 Å². The molecule has 0 aliphatic carbocycles. The van der Waals surface area contributed by atoms with Crippen LogP contribution in [-0.4, -0.2) is 60.5 Å². The molecule has 0 atom stereocenters. The van der Waals surface area contributed by atoms with Crippen LogP contribution in [0.1, 0.15) is 17.5 Å². The van der Waals surface area contributed by atoms with Crippen molar-refractivity contribution < 1.29 is 4.74 Å². The Labute approximate surface area is 184 Å². The minimum atomic E-state index is 0. The molecule has 0 unspecified atom stereocenters. The molecule has 8 heteroatoms. The quantitative estimate of drug-likeness (QED) is 0.253. The summed E-state index contributed by atoms with van der Waals surface area (Å²) in [5, 5.41) is 10.9. The molecular formula is C20H31IN6O.